The molecule has 4 nitrogen and oxygen atoms in total. The normalized spacial score (nSPS) is 11.3. The lowest BCUT2D eigenvalue weighted by Gasteiger charge is -2.19. The smallest absolute Gasteiger partial charge is 0.309 e. The summed E-state index contributed by atoms with van der Waals surface area (Å²) in [7, 11) is 0. The van der Waals surface area contributed by atoms with Crippen LogP contribution in [0.4, 0.5) is 0 Å². The van der Waals surface area contributed by atoms with E-state index in [1.54, 1.807) is 13.8 Å². The molecule has 0 unspecified atom stereocenters. The van der Waals surface area contributed by atoms with Crippen molar-refractivity contribution < 1.29 is 14.6 Å². The van der Waals surface area contributed by atoms with E-state index in [1.807, 2.05) is 31.2 Å². The largest absolute Gasteiger partial charge is 0.494 e. The standard InChI is InChI=1S/C15H23NO3/c1-4-19-13-7-5-6-12(10-13)11-16-9-8-15(2,3)14(17)18/h5-7,10,16H,4,8-9,11H2,1-3H3,(H,17,18). The van der Waals surface area contributed by atoms with E-state index >= 15 is 0 Å². The number of benzene rings is 1. The SMILES string of the molecule is CCOc1cccc(CNCCC(C)(C)C(=O)O)c1. The summed E-state index contributed by atoms with van der Waals surface area (Å²) in [5.74, 6) is 0.111. The molecule has 106 valence electrons. The molecule has 0 aliphatic heterocycles. The van der Waals surface area contributed by atoms with E-state index < -0.39 is 11.4 Å². The predicted octanol–water partition coefficient (Wildman–Crippen LogP) is 2.68. The lowest BCUT2D eigenvalue weighted by atomic mass is 9.90. The van der Waals surface area contributed by atoms with Gasteiger partial charge < -0.3 is 15.2 Å². The molecule has 0 atom stereocenters. The van der Waals surface area contributed by atoms with Gasteiger partial charge in [0, 0.05) is 6.54 Å². The van der Waals surface area contributed by atoms with Crippen LogP contribution in [0.5, 0.6) is 5.75 Å². The molecule has 1 rings (SSSR count). The van der Waals surface area contributed by atoms with Crippen LogP contribution in [0, 0.1) is 5.41 Å². The Morgan fingerprint density at radius 2 is 2.16 bits per heavy atom. The first kappa shape index (κ1) is 15.5. The minimum Gasteiger partial charge on any atom is -0.494 e. The van der Waals surface area contributed by atoms with Crippen molar-refractivity contribution in [3.05, 3.63) is 29.8 Å². The Morgan fingerprint density at radius 3 is 2.79 bits per heavy atom. The molecule has 4 heteroatoms. The zero-order valence-corrected chi connectivity index (χ0v) is 11.9. The summed E-state index contributed by atoms with van der Waals surface area (Å²) in [6, 6.07) is 7.92. The molecule has 0 heterocycles. The molecule has 0 saturated heterocycles. The Balaban J connectivity index is 2.37. The van der Waals surface area contributed by atoms with Gasteiger partial charge in [-0.05, 0) is 51.4 Å². The van der Waals surface area contributed by atoms with E-state index in [2.05, 4.69) is 5.32 Å². The predicted molar refractivity (Wildman–Crippen MR) is 75.4 cm³/mol. The molecule has 2 N–H and O–H groups in total. The van der Waals surface area contributed by atoms with Crippen molar-refractivity contribution in [2.24, 2.45) is 5.41 Å². The fourth-order valence-corrected chi connectivity index (χ4v) is 1.65. The minimum absolute atomic E-state index is 0.605. The summed E-state index contributed by atoms with van der Waals surface area (Å²) in [6.45, 7) is 7.50. The molecule has 0 bridgehead atoms. The van der Waals surface area contributed by atoms with Gasteiger partial charge in [0.1, 0.15) is 5.75 Å². The van der Waals surface area contributed by atoms with E-state index in [9.17, 15) is 4.79 Å². The molecule has 0 aliphatic carbocycles. The van der Waals surface area contributed by atoms with Crippen LogP contribution in [0.25, 0.3) is 0 Å². The van der Waals surface area contributed by atoms with Crippen molar-refractivity contribution in [2.45, 2.75) is 33.7 Å². The highest BCUT2D eigenvalue weighted by atomic mass is 16.5. The second-order valence-corrected chi connectivity index (χ2v) is 5.20. The quantitative estimate of drug-likeness (QED) is 0.709. The van der Waals surface area contributed by atoms with Gasteiger partial charge in [-0.1, -0.05) is 12.1 Å². The number of aliphatic carboxylic acids is 1. The molecule has 0 aromatic heterocycles. The van der Waals surface area contributed by atoms with Crippen LogP contribution in [-0.2, 0) is 11.3 Å². The third-order valence-electron chi connectivity index (χ3n) is 3.04. The summed E-state index contributed by atoms with van der Waals surface area (Å²) < 4.78 is 5.43. The van der Waals surface area contributed by atoms with Crippen LogP contribution >= 0.6 is 0 Å². The molecule has 0 radical (unpaired) electrons. The first-order valence-electron chi connectivity index (χ1n) is 6.61. The molecule has 19 heavy (non-hydrogen) atoms. The minimum atomic E-state index is -0.757. The number of rotatable bonds is 8. The molecule has 0 saturated carbocycles. The number of carboxylic acid groups (broad SMARTS) is 1. The van der Waals surface area contributed by atoms with Crippen molar-refractivity contribution in [2.75, 3.05) is 13.2 Å². The molecule has 0 fully saturated rings. The topological polar surface area (TPSA) is 58.6 Å². The summed E-state index contributed by atoms with van der Waals surface area (Å²) in [4.78, 5) is 11.0. The highest BCUT2D eigenvalue weighted by Gasteiger charge is 2.25. The number of carboxylic acids is 1. The summed E-state index contributed by atoms with van der Waals surface area (Å²) in [6.07, 6.45) is 0.605. The second-order valence-electron chi connectivity index (χ2n) is 5.20. The van der Waals surface area contributed by atoms with Crippen LogP contribution in [0.2, 0.25) is 0 Å². The van der Waals surface area contributed by atoms with Crippen LogP contribution < -0.4 is 10.1 Å². The molecular formula is C15H23NO3. The Labute approximate surface area is 114 Å². The van der Waals surface area contributed by atoms with Crippen LogP contribution in [0.15, 0.2) is 24.3 Å². The van der Waals surface area contributed by atoms with Gasteiger partial charge in [-0.15, -0.1) is 0 Å². The van der Waals surface area contributed by atoms with E-state index in [0.29, 0.717) is 19.6 Å². The lowest BCUT2D eigenvalue weighted by Crippen LogP contribution is -2.28. The van der Waals surface area contributed by atoms with Gasteiger partial charge in [-0.25, -0.2) is 0 Å². The van der Waals surface area contributed by atoms with Gasteiger partial charge in [0.2, 0.25) is 0 Å². The van der Waals surface area contributed by atoms with Crippen LogP contribution in [-0.4, -0.2) is 24.2 Å². The fourth-order valence-electron chi connectivity index (χ4n) is 1.65. The van der Waals surface area contributed by atoms with Crippen molar-refractivity contribution in [3.63, 3.8) is 0 Å². The zero-order valence-electron chi connectivity index (χ0n) is 11.9. The Hall–Kier alpha value is -1.55. The zero-order chi connectivity index (χ0) is 14.3. The maximum absolute atomic E-state index is 11.0. The summed E-state index contributed by atoms with van der Waals surface area (Å²) in [5.41, 5.74) is 0.458. The number of carbonyl (C=O) groups is 1. The van der Waals surface area contributed by atoms with E-state index in [1.165, 1.54) is 0 Å². The first-order valence-corrected chi connectivity index (χ1v) is 6.61. The molecule has 1 aromatic carbocycles. The van der Waals surface area contributed by atoms with Crippen LogP contribution in [0.3, 0.4) is 0 Å². The second kappa shape index (κ2) is 7.14. The maximum atomic E-state index is 11.0. The highest BCUT2D eigenvalue weighted by molar-refractivity contribution is 5.73. The highest BCUT2D eigenvalue weighted by Crippen LogP contribution is 2.19. The maximum Gasteiger partial charge on any atom is 0.309 e. The number of hydrogen-bond donors (Lipinski definition) is 2. The third-order valence-corrected chi connectivity index (χ3v) is 3.04. The number of ether oxygens (including phenoxy) is 1. The Kier molecular flexibility index (Phi) is 5.83. The number of hydrogen-bond acceptors (Lipinski definition) is 3. The molecule has 0 aliphatic rings. The van der Waals surface area contributed by atoms with Crippen molar-refractivity contribution >= 4 is 5.97 Å². The van der Waals surface area contributed by atoms with E-state index in [0.717, 1.165) is 17.9 Å². The summed E-state index contributed by atoms with van der Waals surface area (Å²) in [5, 5.41) is 12.3. The van der Waals surface area contributed by atoms with Crippen LogP contribution in [0.1, 0.15) is 32.8 Å². The van der Waals surface area contributed by atoms with Gasteiger partial charge >= 0.3 is 5.97 Å². The average Bonchev–Trinajstić information content (AvgIpc) is 2.35. The Morgan fingerprint density at radius 1 is 1.42 bits per heavy atom. The fraction of sp³-hybridized carbons (Fsp3) is 0.533. The van der Waals surface area contributed by atoms with Crippen molar-refractivity contribution in [3.8, 4) is 5.75 Å². The summed E-state index contributed by atoms with van der Waals surface area (Å²) >= 11 is 0. The molecule has 1 aromatic rings. The lowest BCUT2D eigenvalue weighted by molar-refractivity contribution is -0.147. The van der Waals surface area contributed by atoms with Crippen molar-refractivity contribution in [1.82, 2.24) is 5.32 Å². The van der Waals surface area contributed by atoms with Gasteiger partial charge in [-0.3, -0.25) is 4.79 Å². The monoisotopic (exact) mass is 265 g/mol. The van der Waals surface area contributed by atoms with Gasteiger partial charge in [0.25, 0.3) is 0 Å². The van der Waals surface area contributed by atoms with E-state index in [-0.39, 0.29) is 0 Å². The molecule has 0 spiro atoms. The first-order chi connectivity index (χ1) is 8.95. The molecule has 0 amide bonds. The average molecular weight is 265 g/mol. The van der Waals surface area contributed by atoms with Gasteiger partial charge in [0.05, 0.1) is 12.0 Å². The van der Waals surface area contributed by atoms with Crippen molar-refractivity contribution in [1.29, 1.82) is 0 Å². The number of nitrogens with one attached hydrogen (secondary N) is 1. The third kappa shape index (κ3) is 5.30. The van der Waals surface area contributed by atoms with E-state index in [4.69, 9.17) is 9.84 Å². The Bertz CT molecular complexity index is 416. The molecular weight excluding hydrogens is 242 g/mol. The van der Waals surface area contributed by atoms with Gasteiger partial charge in [-0.2, -0.15) is 0 Å². The van der Waals surface area contributed by atoms with Gasteiger partial charge in [0.15, 0.2) is 0 Å².